The van der Waals surface area contributed by atoms with Crippen molar-refractivity contribution in [3.63, 3.8) is 0 Å². The predicted octanol–water partition coefficient (Wildman–Crippen LogP) is 3.59. The van der Waals surface area contributed by atoms with E-state index < -0.39 is 5.60 Å². The average molecular weight is 289 g/mol. The van der Waals surface area contributed by atoms with Crippen LogP contribution < -0.4 is 0 Å². The van der Waals surface area contributed by atoms with Gasteiger partial charge in [0.15, 0.2) is 0 Å². The third kappa shape index (κ3) is 2.98. The van der Waals surface area contributed by atoms with Crippen molar-refractivity contribution in [1.82, 2.24) is 4.90 Å². The van der Waals surface area contributed by atoms with Crippen LogP contribution in [0.25, 0.3) is 0 Å². The first-order valence-electron chi connectivity index (χ1n) is 7.80. The first-order valence-corrected chi connectivity index (χ1v) is 7.80. The summed E-state index contributed by atoms with van der Waals surface area (Å²) < 4.78 is 6.04. The van der Waals surface area contributed by atoms with Crippen LogP contribution in [0.1, 0.15) is 46.1 Å². The van der Waals surface area contributed by atoms with Gasteiger partial charge in [0.05, 0.1) is 0 Å². The summed E-state index contributed by atoms with van der Waals surface area (Å²) in [5.41, 5.74) is 0.585. The van der Waals surface area contributed by atoms with Gasteiger partial charge in [-0.05, 0) is 26.5 Å². The minimum Gasteiger partial charge on any atom is -0.454 e. The molecule has 0 spiro atoms. The van der Waals surface area contributed by atoms with Gasteiger partial charge in [-0.3, -0.25) is 4.79 Å². The summed E-state index contributed by atoms with van der Waals surface area (Å²) in [6.45, 7) is 9.39. The van der Waals surface area contributed by atoms with Crippen LogP contribution in [0.3, 0.4) is 0 Å². The molecule has 1 fully saturated rings. The summed E-state index contributed by atoms with van der Waals surface area (Å²) in [7, 11) is 2.15. The molecular formula is C18H27NO2. The molecule has 0 bridgehead atoms. The Morgan fingerprint density at radius 3 is 2.52 bits per heavy atom. The second-order valence-corrected chi connectivity index (χ2v) is 6.85. The summed E-state index contributed by atoms with van der Waals surface area (Å²) in [6, 6.07) is 10.2. The topological polar surface area (TPSA) is 29.5 Å². The molecule has 0 saturated carbocycles. The summed E-state index contributed by atoms with van der Waals surface area (Å²) >= 11 is 0. The second kappa shape index (κ2) is 5.80. The lowest BCUT2D eigenvalue weighted by molar-refractivity contribution is -0.183. The van der Waals surface area contributed by atoms with Crippen LogP contribution >= 0.6 is 0 Å². The van der Waals surface area contributed by atoms with Gasteiger partial charge in [0.25, 0.3) is 0 Å². The fourth-order valence-electron chi connectivity index (χ4n) is 3.34. The molecule has 116 valence electrons. The van der Waals surface area contributed by atoms with Gasteiger partial charge >= 0.3 is 5.97 Å². The van der Waals surface area contributed by atoms with Crippen LogP contribution in [0.4, 0.5) is 0 Å². The average Bonchev–Trinajstić information content (AvgIpc) is 2.45. The van der Waals surface area contributed by atoms with E-state index in [2.05, 4.69) is 44.9 Å². The van der Waals surface area contributed by atoms with Crippen molar-refractivity contribution in [2.24, 2.45) is 5.92 Å². The number of hydrogen-bond donors (Lipinski definition) is 0. The number of piperidine rings is 1. The molecule has 1 saturated heterocycles. The highest BCUT2D eigenvalue weighted by Crippen LogP contribution is 2.46. The Morgan fingerprint density at radius 2 is 1.95 bits per heavy atom. The lowest BCUT2D eigenvalue weighted by Crippen LogP contribution is -2.59. The fourth-order valence-corrected chi connectivity index (χ4v) is 3.34. The second-order valence-electron chi connectivity index (χ2n) is 6.85. The zero-order chi connectivity index (χ0) is 15.7. The van der Waals surface area contributed by atoms with E-state index in [0.29, 0.717) is 6.42 Å². The number of carbonyl (C=O) groups is 1. The minimum absolute atomic E-state index is 0.00360. The number of rotatable bonds is 3. The van der Waals surface area contributed by atoms with Crippen LogP contribution in [0.5, 0.6) is 0 Å². The third-order valence-electron chi connectivity index (χ3n) is 4.92. The highest BCUT2D eigenvalue weighted by atomic mass is 16.6. The van der Waals surface area contributed by atoms with Crippen molar-refractivity contribution in [2.75, 3.05) is 13.6 Å². The number of hydrogen-bond acceptors (Lipinski definition) is 3. The van der Waals surface area contributed by atoms with Gasteiger partial charge < -0.3 is 9.64 Å². The molecule has 2 unspecified atom stereocenters. The van der Waals surface area contributed by atoms with Gasteiger partial charge in [-0.15, -0.1) is 0 Å². The summed E-state index contributed by atoms with van der Waals surface area (Å²) in [5, 5.41) is 0. The zero-order valence-corrected chi connectivity index (χ0v) is 13.8. The first-order chi connectivity index (χ1) is 9.82. The Morgan fingerprint density at radius 1 is 1.33 bits per heavy atom. The van der Waals surface area contributed by atoms with Crippen LogP contribution in [-0.4, -0.2) is 30.0 Å². The van der Waals surface area contributed by atoms with E-state index in [1.807, 2.05) is 25.1 Å². The number of nitrogens with zero attached hydrogens (tertiary/aromatic N) is 1. The van der Waals surface area contributed by atoms with Crippen LogP contribution in [0.15, 0.2) is 30.3 Å². The quantitative estimate of drug-likeness (QED) is 0.797. The minimum atomic E-state index is -0.523. The van der Waals surface area contributed by atoms with Gasteiger partial charge in [-0.1, -0.05) is 44.2 Å². The molecule has 0 amide bonds. The maximum Gasteiger partial charge on any atom is 0.306 e. The van der Waals surface area contributed by atoms with Crippen molar-refractivity contribution >= 4 is 5.97 Å². The van der Waals surface area contributed by atoms with E-state index in [0.717, 1.165) is 18.5 Å². The van der Waals surface area contributed by atoms with Gasteiger partial charge in [0, 0.05) is 30.8 Å². The molecule has 0 aliphatic carbocycles. The van der Waals surface area contributed by atoms with E-state index in [1.165, 1.54) is 0 Å². The van der Waals surface area contributed by atoms with E-state index in [4.69, 9.17) is 4.74 Å². The van der Waals surface area contributed by atoms with Crippen molar-refractivity contribution in [3.8, 4) is 0 Å². The molecule has 1 aromatic carbocycles. The molecule has 1 aliphatic heterocycles. The highest BCUT2D eigenvalue weighted by Gasteiger charge is 2.51. The monoisotopic (exact) mass is 289 g/mol. The maximum absolute atomic E-state index is 12.1. The highest BCUT2D eigenvalue weighted by molar-refractivity contribution is 5.69. The maximum atomic E-state index is 12.1. The van der Waals surface area contributed by atoms with Crippen LogP contribution in [0.2, 0.25) is 0 Å². The smallest absolute Gasteiger partial charge is 0.306 e. The number of benzene rings is 1. The molecule has 0 radical (unpaired) electrons. The fraction of sp³-hybridized carbons (Fsp3) is 0.611. The van der Waals surface area contributed by atoms with Crippen molar-refractivity contribution in [3.05, 3.63) is 35.9 Å². The molecule has 1 aliphatic rings. The standard InChI is InChI=1S/C18H27NO2/c1-6-16(20)21-18(15-10-8-7-9-11-15)13-17(3,4)19(5)12-14(18)2/h7-11,14H,6,12-13H2,1-5H3. The molecule has 3 nitrogen and oxygen atoms in total. The van der Waals surface area contributed by atoms with Gasteiger partial charge in [-0.2, -0.15) is 0 Å². The number of likely N-dealkylation sites (tertiary alicyclic amines) is 1. The number of carbonyl (C=O) groups excluding carboxylic acids is 1. The zero-order valence-electron chi connectivity index (χ0n) is 13.8. The Labute approximate surface area is 128 Å². The molecule has 1 aromatic rings. The van der Waals surface area contributed by atoms with Gasteiger partial charge in [0.2, 0.25) is 0 Å². The van der Waals surface area contributed by atoms with Crippen molar-refractivity contribution in [2.45, 2.75) is 51.7 Å². The number of ether oxygens (including phenoxy) is 1. The third-order valence-corrected chi connectivity index (χ3v) is 4.92. The molecule has 3 heteroatoms. The van der Waals surface area contributed by atoms with Gasteiger partial charge in [-0.25, -0.2) is 0 Å². The summed E-state index contributed by atoms with van der Waals surface area (Å²) in [6.07, 6.45) is 1.23. The molecule has 0 aromatic heterocycles. The lowest BCUT2D eigenvalue weighted by Gasteiger charge is -2.53. The van der Waals surface area contributed by atoms with Gasteiger partial charge in [0.1, 0.15) is 5.60 Å². The number of esters is 1. The van der Waals surface area contributed by atoms with Crippen molar-refractivity contribution in [1.29, 1.82) is 0 Å². The first kappa shape index (κ1) is 16.0. The molecule has 0 N–H and O–H groups in total. The van der Waals surface area contributed by atoms with Crippen LogP contribution in [-0.2, 0) is 15.1 Å². The Balaban J connectivity index is 2.47. The molecule has 21 heavy (non-hydrogen) atoms. The van der Waals surface area contributed by atoms with Crippen molar-refractivity contribution < 1.29 is 9.53 Å². The Hall–Kier alpha value is -1.35. The molecule has 2 atom stereocenters. The molecule has 1 heterocycles. The molecule has 2 rings (SSSR count). The van der Waals surface area contributed by atoms with E-state index in [-0.39, 0.29) is 17.4 Å². The lowest BCUT2D eigenvalue weighted by atomic mass is 9.70. The normalized spacial score (nSPS) is 29.1. The SMILES string of the molecule is CCC(=O)OC1(c2ccccc2)CC(C)(C)N(C)CC1C. The van der Waals surface area contributed by atoms with E-state index >= 15 is 0 Å². The predicted molar refractivity (Wildman–Crippen MR) is 85.0 cm³/mol. The summed E-state index contributed by atoms with van der Waals surface area (Å²) in [5.74, 6) is 0.138. The molecular weight excluding hydrogens is 262 g/mol. The van der Waals surface area contributed by atoms with Crippen LogP contribution in [0, 0.1) is 5.92 Å². The summed E-state index contributed by atoms with van der Waals surface area (Å²) in [4.78, 5) is 14.4. The Kier molecular flexibility index (Phi) is 4.43. The Bertz CT molecular complexity index is 497. The van der Waals surface area contributed by atoms with E-state index in [1.54, 1.807) is 0 Å². The van der Waals surface area contributed by atoms with E-state index in [9.17, 15) is 4.79 Å². The largest absolute Gasteiger partial charge is 0.454 e.